The van der Waals surface area contributed by atoms with Crippen LogP contribution in [0.4, 0.5) is 5.69 Å². The predicted octanol–water partition coefficient (Wildman–Crippen LogP) is 2.07. The Morgan fingerprint density at radius 1 is 1.20 bits per heavy atom. The molecule has 4 heteroatoms. The Balaban J connectivity index is 2.68. The van der Waals surface area contributed by atoms with Crippen molar-refractivity contribution in [3.05, 3.63) is 29.8 Å². The Morgan fingerprint density at radius 3 is 2.30 bits per heavy atom. The van der Waals surface area contributed by atoms with Crippen LogP contribution in [0.5, 0.6) is 0 Å². The van der Waals surface area contributed by atoms with Crippen molar-refractivity contribution in [2.45, 2.75) is 13.8 Å². The van der Waals surface area contributed by atoms with E-state index in [9.17, 15) is 4.79 Å². The molecule has 0 aliphatic rings. The van der Waals surface area contributed by atoms with Crippen LogP contribution in [0.15, 0.2) is 24.3 Å². The summed E-state index contributed by atoms with van der Waals surface area (Å²) in [4.78, 5) is 16.1. The minimum Gasteiger partial charge on any atom is -0.374 e. The number of carbonyl (C=O) groups excluding carboxylic acids is 1. The number of nitrogens with one attached hydrogen (secondary N) is 1. The van der Waals surface area contributed by atoms with Gasteiger partial charge in [0.05, 0.1) is 0 Å². The van der Waals surface area contributed by atoms with E-state index in [0.717, 1.165) is 24.3 Å². The molecule has 112 valence electrons. The molecule has 0 aromatic heterocycles. The first-order valence-electron chi connectivity index (χ1n) is 7.17. The number of anilines is 1. The van der Waals surface area contributed by atoms with Gasteiger partial charge in [0, 0.05) is 45.0 Å². The summed E-state index contributed by atoms with van der Waals surface area (Å²) in [6.07, 6.45) is 0. The topological polar surface area (TPSA) is 35.6 Å². The molecule has 0 spiro atoms. The van der Waals surface area contributed by atoms with Crippen molar-refractivity contribution in [3.63, 3.8) is 0 Å². The van der Waals surface area contributed by atoms with Gasteiger partial charge in [0.1, 0.15) is 0 Å². The number of hydrogen-bond donors (Lipinski definition) is 1. The SMILES string of the molecule is CNCCN(C)C(=O)c1ccc(N(C)CC(C)C)cc1. The number of nitrogens with zero attached hydrogens (tertiary/aromatic N) is 2. The van der Waals surface area contributed by atoms with Crippen LogP contribution in [0, 0.1) is 5.92 Å². The molecule has 0 atom stereocenters. The molecule has 0 radical (unpaired) electrons. The van der Waals surface area contributed by atoms with Crippen molar-refractivity contribution < 1.29 is 4.79 Å². The van der Waals surface area contributed by atoms with E-state index in [-0.39, 0.29) is 5.91 Å². The Bertz CT molecular complexity index is 414. The second-order valence-electron chi connectivity index (χ2n) is 5.65. The molecule has 1 aromatic rings. The smallest absolute Gasteiger partial charge is 0.253 e. The van der Waals surface area contributed by atoms with E-state index in [4.69, 9.17) is 0 Å². The molecular formula is C16H27N3O. The van der Waals surface area contributed by atoms with Crippen LogP contribution < -0.4 is 10.2 Å². The molecule has 0 bridgehead atoms. The van der Waals surface area contributed by atoms with E-state index in [0.29, 0.717) is 12.5 Å². The number of benzene rings is 1. The summed E-state index contributed by atoms with van der Waals surface area (Å²) < 4.78 is 0. The molecule has 1 rings (SSSR count). The van der Waals surface area contributed by atoms with Crippen molar-refractivity contribution in [3.8, 4) is 0 Å². The fourth-order valence-electron chi connectivity index (χ4n) is 2.11. The second kappa shape index (κ2) is 7.90. The molecule has 4 nitrogen and oxygen atoms in total. The molecular weight excluding hydrogens is 250 g/mol. The van der Waals surface area contributed by atoms with Gasteiger partial charge in [-0.25, -0.2) is 0 Å². The Morgan fingerprint density at radius 2 is 1.80 bits per heavy atom. The van der Waals surface area contributed by atoms with Crippen molar-refractivity contribution >= 4 is 11.6 Å². The van der Waals surface area contributed by atoms with Gasteiger partial charge in [0.2, 0.25) is 0 Å². The van der Waals surface area contributed by atoms with Gasteiger partial charge in [-0.2, -0.15) is 0 Å². The van der Waals surface area contributed by atoms with Gasteiger partial charge in [-0.05, 0) is 37.2 Å². The van der Waals surface area contributed by atoms with Gasteiger partial charge >= 0.3 is 0 Å². The Kier molecular flexibility index (Phi) is 6.52. The van der Waals surface area contributed by atoms with E-state index >= 15 is 0 Å². The number of carbonyl (C=O) groups is 1. The molecule has 0 aliphatic carbocycles. The summed E-state index contributed by atoms with van der Waals surface area (Å²) in [7, 11) is 5.80. The molecule has 1 aromatic carbocycles. The average Bonchev–Trinajstić information content (AvgIpc) is 2.43. The standard InChI is InChI=1S/C16H27N3O/c1-13(2)12-19(5)15-8-6-14(7-9-15)16(20)18(4)11-10-17-3/h6-9,13,17H,10-12H2,1-5H3. The lowest BCUT2D eigenvalue weighted by Crippen LogP contribution is -2.32. The zero-order valence-electron chi connectivity index (χ0n) is 13.3. The van der Waals surface area contributed by atoms with Crippen LogP contribution in [-0.2, 0) is 0 Å². The second-order valence-corrected chi connectivity index (χ2v) is 5.65. The minimum atomic E-state index is 0.0679. The number of amides is 1. The van der Waals surface area contributed by atoms with Gasteiger partial charge in [-0.3, -0.25) is 4.79 Å². The van der Waals surface area contributed by atoms with Gasteiger partial charge in [0.25, 0.3) is 5.91 Å². The summed E-state index contributed by atoms with van der Waals surface area (Å²) in [6, 6.07) is 7.85. The summed E-state index contributed by atoms with van der Waals surface area (Å²) >= 11 is 0. The summed E-state index contributed by atoms with van der Waals surface area (Å²) in [5.74, 6) is 0.687. The third kappa shape index (κ3) is 4.85. The number of likely N-dealkylation sites (N-methyl/N-ethyl adjacent to an activating group) is 2. The lowest BCUT2D eigenvalue weighted by atomic mass is 10.1. The molecule has 0 unspecified atom stereocenters. The normalized spacial score (nSPS) is 10.7. The zero-order chi connectivity index (χ0) is 15.1. The lowest BCUT2D eigenvalue weighted by Gasteiger charge is -2.22. The summed E-state index contributed by atoms with van der Waals surface area (Å²) in [6.45, 7) is 6.92. The van der Waals surface area contributed by atoms with Gasteiger partial charge in [-0.1, -0.05) is 13.8 Å². The van der Waals surface area contributed by atoms with Crippen molar-refractivity contribution in [1.82, 2.24) is 10.2 Å². The van der Waals surface area contributed by atoms with E-state index in [1.807, 2.05) is 38.4 Å². The van der Waals surface area contributed by atoms with Gasteiger partial charge in [-0.15, -0.1) is 0 Å². The maximum atomic E-state index is 12.2. The van der Waals surface area contributed by atoms with Crippen LogP contribution in [0.1, 0.15) is 24.2 Å². The van der Waals surface area contributed by atoms with Crippen molar-refractivity contribution in [2.75, 3.05) is 45.7 Å². The fourth-order valence-corrected chi connectivity index (χ4v) is 2.11. The molecule has 0 saturated carbocycles. The number of rotatable bonds is 7. The Labute approximate surface area is 122 Å². The summed E-state index contributed by atoms with van der Waals surface area (Å²) in [5.41, 5.74) is 1.89. The largest absolute Gasteiger partial charge is 0.374 e. The Hall–Kier alpha value is -1.55. The molecule has 1 N–H and O–H groups in total. The first kappa shape index (κ1) is 16.5. The van der Waals surface area contributed by atoms with E-state index in [1.165, 1.54) is 0 Å². The van der Waals surface area contributed by atoms with Crippen molar-refractivity contribution in [1.29, 1.82) is 0 Å². The first-order chi connectivity index (χ1) is 9.45. The third-order valence-corrected chi connectivity index (χ3v) is 3.24. The third-order valence-electron chi connectivity index (χ3n) is 3.24. The zero-order valence-corrected chi connectivity index (χ0v) is 13.3. The maximum Gasteiger partial charge on any atom is 0.253 e. The quantitative estimate of drug-likeness (QED) is 0.829. The first-order valence-corrected chi connectivity index (χ1v) is 7.17. The highest BCUT2D eigenvalue weighted by Crippen LogP contribution is 2.16. The monoisotopic (exact) mass is 277 g/mol. The van der Waals surface area contributed by atoms with Crippen LogP contribution in [0.25, 0.3) is 0 Å². The average molecular weight is 277 g/mol. The van der Waals surface area contributed by atoms with Crippen LogP contribution in [0.2, 0.25) is 0 Å². The molecule has 0 aliphatic heterocycles. The number of hydrogen-bond acceptors (Lipinski definition) is 3. The predicted molar refractivity (Wildman–Crippen MR) is 85.4 cm³/mol. The minimum absolute atomic E-state index is 0.0679. The maximum absolute atomic E-state index is 12.2. The van der Waals surface area contributed by atoms with Crippen LogP contribution in [-0.4, -0.2) is 51.6 Å². The molecule has 0 fully saturated rings. The highest BCUT2D eigenvalue weighted by molar-refractivity contribution is 5.94. The van der Waals surface area contributed by atoms with Gasteiger partial charge < -0.3 is 15.1 Å². The van der Waals surface area contributed by atoms with Crippen LogP contribution >= 0.6 is 0 Å². The molecule has 1 amide bonds. The molecule has 0 saturated heterocycles. The van der Waals surface area contributed by atoms with E-state index in [2.05, 4.69) is 31.1 Å². The fraction of sp³-hybridized carbons (Fsp3) is 0.562. The highest BCUT2D eigenvalue weighted by Gasteiger charge is 2.11. The lowest BCUT2D eigenvalue weighted by molar-refractivity contribution is 0.0797. The van der Waals surface area contributed by atoms with E-state index in [1.54, 1.807) is 4.90 Å². The highest BCUT2D eigenvalue weighted by atomic mass is 16.2. The van der Waals surface area contributed by atoms with Crippen molar-refractivity contribution in [2.24, 2.45) is 5.92 Å². The summed E-state index contributed by atoms with van der Waals surface area (Å²) in [5, 5.41) is 3.05. The van der Waals surface area contributed by atoms with Gasteiger partial charge in [0.15, 0.2) is 0 Å². The molecule has 0 heterocycles. The molecule has 20 heavy (non-hydrogen) atoms. The van der Waals surface area contributed by atoms with E-state index < -0.39 is 0 Å². The van der Waals surface area contributed by atoms with Crippen LogP contribution in [0.3, 0.4) is 0 Å².